The van der Waals surface area contributed by atoms with E-state index in [4.69, 9.17) is 39.0 Å². The predicted octanol–water partition coefficient (Wildman–Crippen LogP) is 8.23. The fraction of sp³-hybridized carbons (Fsp3) is 0. The summed E-state index contributed by atoms with van der Waals surface area (Å²) in [5.74, 6) is 0.0269. The molecule has 12 heteroatoms. The maximum absolute atomic E-state index is 12.6. The fourth-order valence-electron chi connectivity index (χ4n) is 1.51. The van der Waals surface area contributed by atoms with Gasteiger partial charge in [0.25, 0.3) is 0 Å². The highest BCUT2D eigenvalue weighted by Gasteiger charge is 2.27. The van der Waals surface area contributed by atoms with Crippen molar-refractivity contribution in [1.29, 1.82) is 0 Å². The van der Waals surface area contributed by atoms with Crippen LogP contribution in [0, 0.1) is 0 Å². The van der Waals surface area contributed by atoms with Gasteiger partial charge in [0.05, 0.1) is 33.0 Å². The van der Waals surface area contributed by atoms with Crippen molar-refractivity contribution >= 4 is 125 Å². The zero-order chi connectivity index (χ0) is 18.4. The molecule has 0 aromatic heterocycles. The summed E-state index contributed by atoms with van der Waals surface area (Å²) in [6, 6.07) is 2.37. The third-order valence-corrected chi connectivity index (χ3v) is 11.0. The highest BCUT2D eigenvalue weighted by Crippen LogP contribution is 2.49. The average molecular weight is 732 g/mol. The standard InChI is InChI=1S/C12H2Br5Cl3O3S/c13-7-8(14)10(16)12(11(17)9(7)15)23-24(21,22)6-2-4(19)3(18)1-5(6)20/h1-2H. The molecule has 0 fully saturated rings. The molecule has 3 nitrogen and oxygen atoms in total. The van der Waals surface area contributed by atoms with Gasteiger partial charge in [0.2, 0.25) is 0 Å². The van der Waals surface area contributed by atoms with Crippen molar-refractivity contribution in [2.24, 2.45) is 0 Å². The second-order valence-electron chi connectivity index (χ2n) is 4.13. The van der Waals surface area contributed by atoms with E-state index >= 15 is 0 Å². The van der Waals surface area contributed by atoms with Gasteiger partial charge in [-0.25, -0.2) is 0 Å². The van der Waals surface area contributed by atoms with Crippen LogP contribution in [0.15, 0.2) is 39.4 Å². The van der Waals surface area contributed by atoms with E-state index in [2.05, 4.69) is 79.6 Å². The SMILES string of the molecule is O=S(=O)(Oc1c(Br)c(Br)c(Br)c(Br)c1Br)c1cc(Cl)c(Cl)cc1Cl. The first kappa shape index (κ1) is 21.8. The molecule has 0 amide bonds. The molecule has 0 N–H and O–H groups in total. The highest BCUT2D eigenvalue weighted by atomic mass is 79.9. The molecule has 0 heterocycles. The zero-order valence-electron chi connectivity index (χ0n) is 10.8. The molecule has 0 spiro atoms. The summed E-state index contributed by atoms with van der Waals surface area (Å²) in [6.07, 6.45) is 0. The van der Waals surface area contributed by atoms with Crippen LogP contribution in [0.3, 0.4) is 0 Å². The summed E-state index contributed by atoms with van der Waals surface area (Å²) in [7, 11) is -4.27. The van der Waals surface area contributed by atoms with Gasteiger partial charge in [0, 0.05) is 4.47 Å². The van der Waals surface area contributed by atoms with E-state index in [-0.39, 0.29) is 25.7 Å². The van der Waals surface area contributed by atoms with E-state index in [1.54, 1.807) is 0 Å². The number of halogens is 8. The molecule has 0 aliphatic heterocycles. The van der Waals surface area contributed by atoms with Gasteiger partial charge in [-0.2, -0.15) is 8.42 Å². The van der Waals surface area contributed by atoms with Gasteiger partial charge < -0.3 is 4.18 Å². The van der Waals surface area contributed by atoms with Crippen LogP contribution < -0.4 is 4.18 Å². The van der Waals surface area contributed by atoms with Crippen molar-refractivity contribution in [2.45, 2.75) is 4.90 Å². The fourth-order valence-corrected chi connectivity index (χ4v) is 6.83. The van der Waals surface area contributed by atoms with Crippen molar-refractivity contribution in [1.82, 2.24) is 0 Å². The van der Waals surface area contributed by atoms with Crippen LogP contribution in [0.4, 0.5) is 0 Å². The summed E-state index contributed by atoms with van der Waals surface area (Å²) in [4.78, 5) is -0.299. The maximum atomic E-state index is 12.6. The van der Waals surface area contributed by atoms with Gasteiger partial charge in [-0.3, -0.25) is 0 Å². The first-order chi connectivity index (χ1) is 11.0. The first-order valence-corrected chi connectivity index (χ1v) is 12.1. The molecular formula is C12H2Br5Cl3O3S. The molecule has 24 heavy (non-hydrogen) atoms. The lowest BCUT2D eigenvalue weighted by Crippen LogP contribution is -2.11. The Bertz CT molecular complexity index is 921. The van der Waals surface area contributed by atoms with E-state index in [9.17, 15) is 8.42 Å². The topological polar surface area (TPSA) is 43.4 Å². The largest absolute Gasteiger partial charge is 0.376 e. The van der Waals surface area contributed by atoms with Gasteiger partial charge in [-0.05, 0) is 91.8 Å². The van der Waals surface area contributed by atoms with Crippen molar-refractivity contribution in [3.05, 3.63) is 49.6 Å². The molecule has 0 unspecified atom stereocenters. The normalized spacial score (nSPS) is 11.7. The lowest BCUT2D eigenvalue weighted by Gasteiger charge is -2.15. The molecule has 0 bridgehead atoms. The molecule has 2 rings (SSSR count). The Balaban J connectivity index is 2.62. The molecule has 0 radical (unpaired) electrons. The van der Waals surface area contributed by atoms with Gasteiger partial charge in [-0.1, -0.05) is 34.8 Å². The van der Waals surface area contributed by atoms with Crippen LogP contribution in [0.25, 0.3) is 0 Å². The summed E-state index contributed by atoms with van der Waals surface area (Å²) in [6.45, 7) is 0. The second kappa shape index (κ2) is 8.22. The molecule has 130 valence electrons. The Labute approximate surface area is 195 Å². The van der Waals surface area contributed by atoms with Crippen LogP contribution in [0.5, 0.6) is 5.75 Å². The van der Waals surface area contributed by atoms with Crippen molar-refractivity contribution in [3.8, 4) is 5.75 Å². The Morgan fingerprint density at radius 1 is 0.708 bits per heavy atom. The molecule has 0 aliphatic carbocycles. The Morgan fingerprint density at radius 3 is 1.62 bits per heavy atom. The van der Waals surface area contributed by atoms with Crippen molar-refractivity contribution in [3.63, 3.8) is 0 Å². The number of benzene rings is 2. The van der Waals surface area contributed by atoms with Gasteiger partial charge in [0.1, 0.15) is 4.90 Å². The summed E-state index contributed by atoms with van der Waals surface area (Å²) < 4.78 is 33.0. The molecule has 0 saturated carbocycles. The van der Waals surface area contributed by atoms with Gasteiger partial charge in [-0.15, -0.1) is 0 Å². The summed E-state index contributed by atoms with van der Waals surface area (Å²) >= 11 is 34.3. The van der Waals surface area contributed by atoms with E-state index in [0.717, 1.165) is 6.07 Å². The quantitative estimate of drug-likeness (QED) is 0.182. The minimum atomic E-state index is -4.27. The molecule has 0 saturated heterocycles. The average Bonchev–Trinajstić information content (AvgIpc) is 2.51. The van der Waals surface area contributed by atoms with Crippen LogP contribution in [-0.4, -0.2) is 8.42 Å². The van der Waals surface area contributed by atoms with Gasteiger partial charge in [0.15, 0.2) is 5.75 Å². The Hall–Kier alpha value is 1.46. The number of rotatable bonds is 3. The lowest BCUT2D eigenvalue weighted by molar-refractivity contribution is 0.482. The second-order valence-corrected chi connectivity index (χ2v) is 10.8. The van der Waals surface area contributed by atoms with E-state index < -0.39 is 10.1 Å². The molecule has 0 aliphatic rings. The third kappa shape index (κ3) is 4.30. The lowest BCUT2D eigenvalue weighted by atomic mass is 10.3. The molecule has 2 aromatic carbocycles. The van der Waals surface area contributed by atoms with Gasteiger partial charge >= 0.3 is 10.1 Å². The maximum Gasteiger partial charge on any atom is 0.340 e. The Kier molecular flexibility index (Phi) is 7.45. The van der Waals surface area contributed by atoms with Crippen LogP contribution >= 0.6 is 114 Å². The molecular weight excluding hydrogens is 730 g/mol. The minimum Gasteiger partial charge on any atom is -0.376 e. The van der Waals surface area contributed by atoms with Crippen LogP contribution in [-0.2, 0) is 10.1 Å². The van der Waals surface area contributed by atoms with Crippen molar-refractivity contribution in [2.75, 3.05) is 0 Å². The Morgan fingerprint density at radius 2 is 1.12 bits per heavy atom. The van der Waals surface area contributed by atoms with Crippen molar-refractivity contribution < 1.29 is 12.6 Å². The van der Waals surface area contributed by atoms with E-state index in [1.165, 1.54) is 6.07 Å². The predicted molar refractivity (Wildman–Crippen MR) is 114 cm³/mol. The third-order valence-electron chi connectivity index (χ3n) is 2.61. The monoisotopic (exact) mass is 725 g/mol. The van der Waals surface area contributed by atoms with Crippen LogP contribution in [0.1, 0.15) is 0 Å². The summed E-state index contributed by atoms with van der Waals surface area (Å²) in [5, 5.41) is 0.0727. The number of hydrogen-bond donors (Lipinski definition) is 0. The summed E-state index contributed by atoms with van der Waals surface area (Å²) in [5.41, 5.74) is 0. The number of hydrogen-bond acceptors (Lipinski definition) is 3. The highest BCUT2D eigenvalue weighted by molar-refractivity contribution is 9.15. The molecule has 2 aromatic rings. The first-order valence-electron chi connectivity index (χ1n) is 5.57. The van der Waals surface area contributed by atoms with Crippen LogP contribution in [0.2, 0.25) is 15.1 Å². The minimum absolute atomic E-state index is 0.0269. The molecule has 0 atom stereocenters. The van der Waals surface area contributed by atoms with E-state index in [1.807, 2.05) is 0 Å². The zero-order valence-corrected chi connectivity index (χ0v) is 21.8. The van der Waals surface area contributed by atoms with E-state index in [0.29, 0.717) is 22.4 Å². The smallest absolute Gasteiger partial charge is 0.340 e.